The molecule has 2 heterocycles. The first-order valence-electron chi connectivity index (χ1n) is 10.3. The zero-order valence-electron chi connectivity index (χ0n) is 17.8. The third-order valence-electron chi connectivity index (χ3n) is 4.72. The number of fused-ring (bicyclic) bond motifs is 1. The van der Waals surface area contributed by atoms with Crippen molar-refractivity contribution in [3.63, 3.8) is 0 Å². The van der Waals surface area contributed by atoms with Crippen LogP contribution >= 0.6 is 0 Å². The van der Waals surface area contributed by atoms with Gasteiger partial charge in [-0.3, -0.25) is 9.59 Å². The maximum Gasteiger partial charge on any atom is 0.261 e. The van der Waals surface area contributed by atoms with Gasteiger partial charge in [-0.25, -0.2) is 9.67 Å². The number of aromatic amines is 1. The lowest BCUT2D eigenvalue weighted by Crippen LogP contribution is -2.15. The Hall–Kier alpha value is -4.14. The molecule has 4 aromatic rings. The molecule has 1 amide bonds. The third-order valence-corrected chi connectivity index (χ3v) is 4.72. The summed E-state index contributed by atoms with van der Waals surface area (Å²) in [6.45, 7) is 4.91. The summed E-state index contributed by atoms with van der Waals surface area (Å²) in [5, 5.41) is 7.57. The van der Waals surface area contributed by atoms with Crippen molar-refractivity contribution >= 4 is 22.6 Å². The van der Waals surface area contributed by atoms with Crippen LogP contribution in [0, 0.1) is 0 Å². The van der Waals surface area contributed by atoms with Crippen LogP contribution in [0.1, 0.15) is 30.6 Å². The van der Waals surface area contributed by atoms with Gasteiger partial charge in [0.25, 0.3) is 11.5 Å². The maximum atomic E-state index is 13.0. The van der Waals surface area contributed by atoms with Crippen molar-refractivity contribution in [3.05, 3.63) is 70.9 Å². The van der Waals surface area contributed by atoms with E-state index in [9.17, 15) is 9.59 Å². The van der Waals surface area contributed by atoms with Gasteiger partial charge in [0.15, 0.2) is 17.1 Å². The summed E-state index contributed by atoms with van der Waals surface area (Å²) in [4.78, 5) is 31.8. The standard InChI is InChI=1S/C23H23N5O4/c1-3-11-32-19-10-9-15(12-20(19)31-4-2)22(29)27-17-7-5-6-8-18(17)28-21-16(13-26-28)23(30)25-14-24-21/h5-10,12-14H,3-4,11H2,1-2H3,(H,27,29)(H,24,25,30). The van der Waals surface area contributed by atoms with Gasteiger partial charge in [0.05, 0.1) is 37.1 Å². The fourth-order valence-electron chi connectivity index (χ4n) is 3.24. The van der Waals surface area contributed by atoms with Crippen LogP contribution in [-0.4, -0.2) is 38.9 Å². The van der Waals surface area contributed by atoms with Gasteiger partial charge in [-0.05, 0) is 43.7 Å². The lowest BCUT2D eigenvalue weighted by Gasteiger charge is -2.14. The number of hydrogen-bond donors (Lipinski definition) is 2. The maximum absolute atomic E-state index is 13.0. The fraction of sp³-hybridized carbons (Fsp3) is 0.217. The van der Waals surface area contributed by atoms with Crippen LogP contribution in [0.4, 0.5) is 5.69 Å². The quantitative estimate of drug-likeness (QED) is 0.440. The molecule has 0 aliphatic carbocycles. The average Bonchev–Trinajstić information content (AvgIpc) is 3.24. The molecule has 0 saturated heterocycles. The second-order valence-corrected chi connectivity index (χ2v) is 6.94. The molecule has 32 heavy (non-hydrogen) atoms. The Morgan fingerprint density at radius 3 is 2.78 bits per heavy atom. The summed E-state index contributed by atoms with van der Waals surface area (Å²) in [7, 11) is 0. The van der Waals surface area contributed by atoms with E-state index >= 15 is 0 Å². The number of amides is 1. The number of rotatable bonds is 8. The summed E-state index contributed by atoms with van der Waals surface area (Å²) in [5.74, 6) is 0.802. The van der Waals surface area contributed by atoms with Crippen LogP contribution in [0.15, 0.2) is 59.8 Å². The fourth-order valence-corrected chi connectivity index (χ4v) is 3.24. The average molecular weight is 433 g/mol. The van der Waals surface area contributed by atoms with Crippen molar-refractivity contribution in [3.8, 4) is 17.2 Å². The number of nitrogens with one attached hydrogen (secondary N) is 2. The van der Waals surface area contributed by atoms with E-state index in [1.54, 1.807) is 36.4 Å². The molecule has 9 nitrogen and oxygen atoms in total. The second kappa shape index (κ2) is 9.34. The number of para-hydroxylation sites is 2. The lowest BCUT2D eigenvalue weighted by molar-refractivity contribution is 0.102. The van der Waals surface area contributed by atoms with Crippen molar-refractivity contribution in [2.75, 3.05) is 18.5 Å². The van der Waals surface area contributed by atoms with Crippen molar-refractivity contribution in [2.45, 2.75) is 20.3 Å². The Morgan fingerprint density at radius 1 is 1.12 bits per heavy atom. The van der Waals surface area contributed by atoms with Crippen LogP contribution in [0.5, 0.6) is 11.5 Å². The third kappa shape index (κ3) is 4.18. The molecule has 0 saturated carbocycles. The first-order valence-corrected chi connectivity index (χ1v) is 10.3. The van der Waals surface area contributed by atoms with Crippen molar-refractivity contribution < 1.29 is 14.3 Å². The molecule has 164 valence electrons. The van der Waals surface area contributed by atoms with Crippen LogP contribution in [0.2, 0.25) is 0 Å². The summed E-state index contributed by atoms with van der Waals surface area (Å²) in [6.07, 6.45) is 3.64. The predicted molar refractivity (Wildman–Crippen MR) is 121 cm³/mol. The molecule has 2 N–H and O–H groups in total. The highest BCUT2D eigenvalue weighted by Gasteiger charge is 2.16. The smallest absolute Gasteiger partial charge is 0.261 e. The van der Waals surface area contributed by atoms with Gasteiger partial charge in [0.2, 0.25) is 0 Å². The van der Waals surface area contributed by atoms with Gasteiger partial charge in [-0.2, -0.15) is 5.10 Å². The van der Waals surface area contributed by atoms with E-state index in [2.05, 4.69) is 20.4 Å². The minimum absolute atomic E-state index is 0.281. The number of hydrogen-bond acceptors (Lipinski definition) is 6. The molecule has 0 bridgehead atoms. The minimum Gasteiger partial charge on any atom is -0.490 e. The number of aromatic nitrogens is 4. The molecule has 4 rings (SSSR count). The van der Waals surface area contributed by atoms with Crippen LogP contribution < -0.4 is 20.3 Å². The van der Waals surface area contributed by atoms with Gasteiger partial charge in [0.1, 0.15) is 5.39 Å². The van der Waals surface area contributed by atoms with Gasteiger partial charge in [0, 0.05) is 5.56 Å². The first-order chi connectivity index (χ1) is 15.6. The summed E-state index contributed by atoms with van der Waals surface area (Å²) >= 11 is 0. The Kier molecular flexibility index (Phi) is 6.16. The second-order valence-electron chi connectivity index (χ2n) is 6.94. The monoisotopic (exact) mass is 433 g/mol. The highest BCUT2D eigenvalue weighted by atomic mass is 16.5. The number of nitrogens with zero attached hydrogens (tertiary/aromatic N) is 3. The molecule has 0 aliphatic heterocycles. The van der Waals surface area contributed by atoms with Gasteiger partial charge >= 0.3 is 0 Å². The summed E-state index contributed by atoms with van der Waals surface area (Å²) in [6, 6.07) is 12.3. The molecule has 0 fully saturated rings. The number of ether oxygens (including phenoxy) is 2. The van der Waals surface area contributed by atoms with Crippen molar-refractivity contribution in [1.82, 2.24) is 19.7 Å². The summed E-state index contributed by atoms with van der Waals surface area (Å²) in [5.41, 5.74) is 1.64. The van der Waals surface area contributed by atoms with Gasteiger partial charge in [-0.1, -0.05) is 19.1 Å². The highest BCUT2D eigenvalue weighted by molar-refractivity contribution is 6.05. The largest absolute Gasteiger partial charge is 0.490 e. The molecule has 9 heteroatoms. The number of carbonyl (C=O) groups excluding carboxylic acids is 1. The van der Waals surface area contributed by atoms with E-state index in [0.29, 0.717) is 52.7 Å². The van der Waals surface area contributed by atoms with Crippen LogP contribution in [0.3, 0.4) is 0 Å². The SMILES string of the molecule is CCCOc1ccc(C(=O)Nc2ccccc2-n2ncc3c(=O)[nH]cnc32)cc1OCC. The number of benzene rings is 2. The highest BCUT2D eigenvalue weighted by Crippen LogP contribution is 2.30. The van der Waals surface area contributed by atoms with Crippen molar-refractivity contribution in [1.29, 1.82) is 0 Å². The van der Waals surface area contributed by atoms with Gasteiger partial charge in [-0.15, -0.1) is 0 Å². The van der Waals surface area contributed by atoms with Crippen LogP contribution in [0.25, 0.3) is 16.7 Å². The lowest BCUT2D eigenvalue weighted by atomic mass is 10.1. The van der Waals surface area contributed by atoms with Gasteiger partial charge < -0.3 is 19.8 Å². The molecule has 2 aromatic carbocycles. The van der Waals surface area contributed by atoms with E-state index in [1.807, 2.05) is 19.9 Å². The molecule has 0 atom stereocenters. The molecule has 0 aliphatic rings. The number of H-pyrrole nitrogens is 1. The molecular weight excluding hydrogens is 410 g/mol. The van der Waals surface area contributed by atoms with Crippen molar-refractivity contribution in [2.24, 2.45) is 0 Å². The Morgan fingerprint density at radius 2 is 1.97 bits per heavy atom. The Labute approximate surface area is 184 Å². The first kappa shape index (κ1) is 21.1. The van der Waals surface area contributed by atoms with Crippen LogP contribution in [-0.2, 0) is 0 Å². The number of carbonyl (C=O) groups is 1. The normalized spacial score (nSPS) is 10.8. The van der Waals surface area contributed by atoms with E-state index in [1.165, 1.54) is 17.2 Å². The predicted octanol–water partition coefficient (Wildman–Crippen LogP) is 3.55. The molecule has 2 aromatic heterocycles. The van der Waals surface area contributed by atoms with E-state index in [4.69, 9.17) is 9.47 Å². The zero-order chi connectivity index (χ0) is 22.5. The zero-order valence-corrected chi connectivity index (χ0v) is 17.8. The topological polar surface area (TPSA) is 111 Å². The molecule has 0 spiro atoms. The summed E-state index contributed by atoms with van der Waals surface area (Å²) < 4.78 is 12.9. The molecule has 0 unspecified atom stereocenters. The van der Waals surface area contributed by atoms with E-state index in [-0.39, 0.29) is 11.5 Å². The Balaban J connectivity index is 1.65. The van der Waals surface area contributed by atoms with E-state index < -0.39 is 0 Å². The molecular formula is C23H23N5O4. The number of anilines is 1. The molecule has 0 radical (unpaired) electrons. The minimum atomic E-state index is -0.317. The van der Waals surface area contributed by atoms with E-state index in [0.717, 1.165) is 6.42 Å². The Bertz CT molecular complexity index is 1310.